The second kappa shape index (κ2) is 7.21. The topological polar surface area (TPSA) is 26.3 Å². The molecule has 4 heteroatoms. The van der Waals surface area contributed by atoms with Crippen molar-refractivity contribution in [2.75, 3.05) is 6.61 Å². The maximum Gasteiger partial charge on any atom is 0.293 e. The molecule has 0 radical (unpaired) electrons. The van der Waals surface area contributed by atoms with Crippen molar-refractivity contribution in [1.82, 2.24) is 0 Å². The van der Waals surface area contributed by atoms with Crippen LogP contribution in [-0.4, -0.2) is 13.1 Å². The fourth-order valence-electron chi connectivity index (χ4n) is 0.528. The van der Waals surface area contributed by atoms with Crippen LogP contribution in [0.3, 0.4) is 0 Å². The van der Waals surface area contributed by atoms with E-state index in [0.717, 1.165) is 6.07 Å². The summed E-state index contributed by atoms with van der Waals surface area (Å²) >= 11 is 0. The molecule has 0 amide bonds. The third kappa shape index (κ3) is 6.93. The number of carbonyl (C=O) groups is 1. The summed E-state index contributed by atoms with van der Waals surface area (Å²) in [6, 6.07) is 4.55. The molecule has 0 unspecified atom stereocenters. The third-order valence-electron chi connectivity index (χ3n) is 1.02. The maximum absolute atomic E-state index is 11.9. The van der Waals surface area contributed by atoms with Gasteiger partial charge in [0.15, 0.2) is 0 Å². The molecule has 0 bridgehead atoms. The molecule has 72 valence electrons. The zero-order valence-corrected chi connectivity index (χ0v) is 7.17. The first-order valence-corrected chi connectivity index (χ1v) is 3.67. The molecule has 0 heterocycles. The summed E-state index contributed by atoms with van der Waals surface area (Å²) in [4.78, 5) is 9.18. The van der Waals surface area contributed by atoms with Crippen molar-refractivity contribution in [2.24, 2.45) is 0 Å². The van der Waals surface area contributed by atoms with Gasteiger partial charge in [-0.3, -0.25) is 4.79 Å². The zero-order chi connectivity index (χ0) is 10.1. The highest BCUT2D eigenvalue weighted by Gasteiger charge is 1.88. The Morgan fingerprint density at radius 2 is 1.92 bits per heavy atom. The number of hydrogen-bond acceptors (Lipinski definition) is 2. The number of hydrogen-bond donors (Lipinski definition) is 0. The highest BCUT2D eigenvalue weighted by molar-refractivity contribution is 5.36. The van der Waals surface area contributed by atoms with Crippen molar-refractivity contribution in [3.63, 3.8) is 0 Å². The summed E-state index contributed by atoms with van der Waals surface area (Å²) in [6.45, 7) is 2.66. The molecule has 1 aromatic carbocycles. The fraction of sp³-hybridized carbons (Fsp3) is 0.222. The van der Waals surface area contributed by atoms with Crippen molar-refractivity contribution in [3.05, 3.63) is 35.9 Å². The van der Waals surface area contributed by atoms with Crippen LogP contribution in [0, 0.1) is 11.6 Å². The lowest BCUT2D eigenvalue weighted by atomic mass is 10.3. The van der Waals surface area contributed by atoms with Crippen LogP contribution in [0.15, 0.2) is 24.3 Å². The van der Waals surface area contributed by atoms with E-state index < -0.39 is 11.6 Å². The second-order valence-corrected chi connectivity index (χ2v) is 1.99. The average molecular weight is 188 g/mol. The van der Waals surface area contributed by atoms with Crippen molar-refractivity contribution < 1.29 is 18.3 Å². The summed E-state index contributed by atoms with van der Waals surface area (Å²) < 4.78 is 28.0. The standard InChI is InChI=1S/C6H4F2.C3H6O2/c7-5-2-1-3-6(8)4-5;1-2-5-3-4/h1-4H;3H,2H2,1H3. The van der Waals surface area contributed by atoms with Crippen LogP contribution < -0.4 is 0 Å². The molecule has 0 atom stereocenters. The monoisotopic (exact) mass is 188 g/mol. The summed E-state index contributed by atoms with van der Waals surface area (Å²) in [6.07, 6.45) is 0. The highest BCUT2D eigenvalue weighted by Crippen LogP contribution is 1.99. The lowest BCUT2D eigenvalue weighted by molar-refractivity contribution is -0.128. The Hall–Kier alpha value is -1.45. The number of halogens is 2. The van der Waals surface area contributed by atoms with Gasteiger partial charge in [-0.05, 0) is 19.1 Å². The molecule has 0 aliphatic carbocycles. The van der Waals surface area contributed by atoms with Crippen molar-refractivity contribution in [3.8, 4) is 0 Å². The Morgan fingerprint density at radius 3 is 2.08 bits per heavy atom. The van der Waals surface area contributed by atoms with Gasteiger partial charge in [-0.1, -0.05) is 6.07 Å². The van der Waals surface area contributed by atoms with E-state index in [9.17, 15) is 13.6 Å². The normalized spacial score (nSPS) is 8.23. The van der Waals surface area contributed by atoms with Gasteiger partial charge in [-0.15, -0.1) is 0 Å². The van der Waals surface area contributed by atoms with E-state index in [-0.39, 0.29) is 0 Å². The quantitative estimate of drug-likeness (QED) is 0.664. The van der Waals surface area contributed by atoms with Crippen LogP contribution in [0.4, 0.5) is 8.78 Å². The molecule has 1 rings (SSSR count). The molecular weight excluding hydrogens is 178 g/mol. The van der Waals surface area contributed by atoms with Gasteiger partial charge in [0.25, 0.3) is 6.47 Å². The van der Waals surface area contributed by atoms with Gasteiger partial charge in [0.2, 0.25) is 0 Å². The molecule has 0 aliphatic rings. The van der Waals surface area contributed by atoms with Crippen molar-refractivity contribution in [1.29, 1.82) is 0 Å². The van der Waals surface area contributed by atoms with Gasteiger partial charge in [0, 0.05) is 6.07 Å². The van der Waals surface area contributed by atoms with Crippen LogP contribution in [0.2, 0.25) is 0 Å². The molecule has 13 heavy (non-hydrogen) atoms. The maximum atomic E-state index is 11.9. The fourth-order valence-corrected chi connectivity index (χ4v) is 0.528. The molecule has 0 saturated heterocycles. The van der Waals surface area contributed by atoms with Gasteiger partial charge < -0.3 is 4.74 Å². The van der Waals surface area contributed by atoms with Crippen LogP contribution in [0.5, 0.6) is 0 Å². The molecule has 0 spiro atoms. The molecule has 1 aromatic rings. The van der Waals surface area contributed by atoms with Crippen molar-refractivity contribution in [2.45, 2.75) is 6.92 Å². The summed E-state index contributed by atoms with van der Waals surface area (Å²) in [5.74, 6) is -1.07. The first-order chi connectivity index (χ1) is 6.20. The van der Waals surface area contributed by atoms with Gasteiger partial charge in [-0.2, -0.15) is 0 Å². The Kier molecular flexibility index (Phi) is 6.41. The summed E-state index contributed by atoms with van der Waals surface area (Å²) in [7, 11) is 0. The number of ether oxygens (including phenoxy) is 1. The Morgan fingerprint density at radius 1 is 1.38 bits per heavy atom. The predicted molar refractivity (Wildman–Crippen MR) is 44.0 cm³/mol. The first kappa shape index (κ1) is 11.6. The van der Waals surface area contributed by atoms with E-state index >= 15 is 0 Å². The van der Waals surface area contributed by atoms with Crippen LogP contribution >= 0.6 is 0 Å². The van der Waals surface area contributed by atoms with Crippen LogP contribution in [0.25, 0.3) is 0 Å². The van der Waals surface area contributed by atoms with E-state index in [0.29, 0.717) is 13.1 Å². The average Bonchev–Trinajstić information content (AvgIpc) is 2.06. The molecule has 0 aliphatic heterocycles. The summed E-state index contributed by atoms with van der Waals surface area (Å²) in [5.41, 5.74) is 0. The molecular formula is C9H10F2O2. The lowest BCUT2D eigenvalue weighted by Gasteiger charge is -1.84. The van der Waals surface area contributed by atoms with Crippen LogP contribution in [0.1, 0.15) is 6.92 Å². The van der Waals surface area contributed by atoms with Gasteiger partial charge in [0.1, 0.15) is 11.6 Å². The number of carbonyl (C=O) groups excluding carboxylic acids is 1. The Balaban J connectivity index is 0.000000252. The molecule has 0 fully saturated rings. The van der Waals surface area contributed by atoms with Crippen molar-refractivity contribution >= 4 is 6.47 Å². The lowest BCUT2D eigenvalue weighted by Crippen LogP contribution is -1.80. The smallest absolute Gasteiger partial charge is 0.293 e. The Bertz CT molecular complexity index is 234. The minimum Gasteiger partial charge on any atom is -0.468 e. The molecule has 0 N–H and O–H groups in total. The number of rotatable bonds is 2. The minimum atomic E-state index is -0.537. The SMILES string of the molecule is CCOC=O.Fc1cccc(F)c1. The van der Waals surface area contributed by atoms with E-state index in [2.05, 4.69) is 4.74 Å². The minimum absolute atomic E-state index is 0.431. The number of benzene rings is 1. The first-order valence-electron chi connectivity index (χ1n) is 3.67. The van der Waals surface area contributed by atoms with Gasteiger partial charge >= 0.3 is 0 Å². The summed E-state index contributed by atoms with van der Waals surface area (Å²) in [5, 5.41) is 0. The van der Waals surface area contributed by atoms with E-state index in [1.807, 2.05) is 0 Å². The Labute approximate surface area is 75.1 Å². The molecule has 2 nitrogen and oxygen atoms in total. The largest absolute Gasteiger partial charge is 0.468 e. The van der Waals surface area contributed by atoms with E-state index in [1.54, 1.807) is 6.92 Å². The second-order valence-electron chi connectivity index (χ2n) is 1.99. The highest BCUT2D eigenvalue weighted by atomic mass is 19.1. The van der Waals surface area contributed by atoms with Gasteiger partial charge in [-0.25, -0.2) is 8.78 Å². The van der Waals surface area contributed by atoms with E-state index in [4.69, 9.17) is 0 Å². The van der Waals surface area contributed by atoms with Crippen LogP contribution in [-0.2, 0) is 9.53 Å². The third-order valence-corrected chi connectivity index (χ3v) is 1.02. The zero-order valence-electron chi connectivity index (χ0n) is 7.17. The van der Waals surface area contributed by atoms with E-state index in [1.165, 1.54) is 18.2 Å². The molecule has 0 aromatic heterocycles. The van der Waals surface area contributed by atoms with Gasteiger partial charge in [0.05, 0.1) is 6.61 Å². The predicted octanol–water partition coefficient (Wildman–Crippen LogP) is 2.14. The molecule has 0 saturated carbocycles.